The molecule has 23 heavy (non-hydrogen) atoms. The summed E-state index contributed by atoms with van der Waals surface area (Å²) >= 11 is 0. The van der Waals surface area contributed by atoms with E-state index in [1.54, 1.807) is 20.8 Å². The van der Waals surface area contributed by atoms with Crippen molar-refractivity contribution in [3.8, 4) is 0 Å². The third kappa shape index (κ3) is 5.58. The molecule has 0 aromatic heterocycles. The minimum atomic E-state index is -5.33. The van der Waals surface area contributed by atoms with Gasteiger partial charge in [-0.1, -0.05) is 0 Å². The summed E-state index contributed by atoms with van der Waals surface area (Å²) in [7, 11) is 0. The highest BCUT2D eigenvalue weighted by Gasteiger charge is 2.46. The molecule has 1 aliphatic rings. The lowest BCUT2D eigenvalue weighted by molar-refractivity contribution is -0.287. The van der Waals surface area contributed by atoms with Crippen molar-refractivity contribution >= 4 is 18.0 Å². The summed E-state index contributed by atoms with van der Waals surface area (Å²) in [6.45, 7) is 4.42. The molecule has 1 amide bonds. The molecule has 0 saturated carbocycles. The van der Waals surface area contributed by atoms with Crippen molar-refractivity contribution in [3.63, 3.8) is 0 Å². The van der Waals surface area contributed by atoms with E-state index in [-0.39, 0.29) is 13.0 Å². The lowest BCUT2D eigenvalue weighted by Crippen LogP contribution is -2.44. The van der Waals surface area contributed by atoms with Gasteiger partial charge in [-0.2, -0.15) is 13.2 Å². The highest BCUT2D eigenvalue weighted by Crippen LogP contribution is 2.23. The molecule has 1 aliphatic heterocycles. The molecule has 132 valence electrons. The van der Waals surface area contributed by atoms with Crippen molar-refractivity contribution in [2.24, 2.45) is 0 Å². The minimum Gasteiger partial charge on any atom is -0.444 e. The Labute approximate surface area is 129 Å². The fraction of sp³-hybridized carbons (Fsp3) is 0.750. The standard InChI is InChI=1S/C12H16F3NO7/c1-11(2,3)21-10(20)16-5-6(17)4-7(16)8(18)22-23-9(19)12(13,14)15/h6-7,17H,4-5H2,1-3H3/t6?,7-/m0/s1. The molecule has 8 nitrogen and oxygen atoms in total. The Hall–Kier alpha value is -2.04. The molecule has 1 rings (SSSR count). The first-order valence-corrected chi connectivity index (χ1v) is 6.48. The van der Waals surface area contributed by atoms with Gasteiger partial charge in [-0.3, -0.25) is 4.90 Å². The van der Waals surface area contributed by atoms with E-state index in [2.05, 4.69) is 9.78 Å². The van der Waals surface area contributed by atoms with E-state index >= 15 is 0 Å². The molecule has 2 atom stereocenters. The van der Waals surface area contributed by atoms with E-state index < -0.39 is 42.0 Å². The number of halogens is 3. The largest absolute Gasteiger partial charge is 0.495 e. The van der Waals surface area contributed by atoms with Gasteiger partial charge in [0.15, 0.2) is 0 Å². The molecule has 1 heterocycles. The van der Waals surface area contributed by atoms with Crippen LogP contribution >= 0.6 is 0 Å². The summed E-state index contributed by atoms with van der Waals surface area (Å²) in [5.41, 5.74) is -0.887. The van der Waals surface area contributed by atoms with Crippen LogP contribution < -0.4 is 0 Å². The van der Waals surface area contributed by atoms with Crippen LogP contribution in [0.3, 0.4) is 0 Å². The number of hydrogen-bond acceptors (Lipinski definition) is 7. The van der Waals surface area contributed by atoms with Crippen molar-refractivity contribution in [3.05, 3.63) is 0 Å². The van der Waals surface area contributed by atoms with Gasteiger partial charge in [0.1, 0.15) is 11.6 Å². The SMILES string of the molecule is CC(C)(C)OC(=O)N1CC(O)C[C@H]1C(=O)OOC(=O)C(F)(F)F. The van der Waals surface area contributed by atoms with Gasteiger partial charge >= 0.3 is 24.2 Å². The van der Waals surface area contributed by atoms with E-state index in [0.717, 1.165) is 4.90 Å². The second kappa shape index (κ2) is 6.60. The zero-order valence-electron chi connectivity index (χ0n) is 12.5. The summed E-state index contributed by atoms with van der Waals surface area (Å²) < 4.78 is 40.8. The van der Waals surface area contributed by atoms with Crippen LogP contribution in [0.15, 0.2) is 0 Å². The average molecular weight is 343 g/mol. The maximum atomic E-state index is 11.9. The summed E-state index contributed by atoms with van der Waals surface area (Å²) in [6, 6.07) is -1.43. The first kappa shape index (κ1) is 19.0. The molecule has 0 aromatic rings. The van der Waals surface area contributed by atoms with Crippen molar-refractivity contribution in [2.45, 2.75) is 51.1 Å². The van der Waals surface area contributed by atoms with Gasteiger partial charge in [-0.15, -0.1) is 0 Å². The number of ether oxygens (including phenoxy) is 1. The van der Waals surface area contributed by atoms with Crippen molar-refractivity contribution in [1.29, 1.82) is 0 Å². The van der Waals surface area contributed by atoms with E-state index in [0.29, 0.717) is 0 Å². The minimum absolute atomic E-state index is 0.276. The molecule has 1 saturated heterocycles. The third-order valence-electron chi connectivity index (χ3n) is 2.61. The predicted octanol–water partition coefficient (Wildman–Crippen LogP) is 0.920. The molecule has 0 aromatic carbocycles. The molecule has 0 radical (unpaired) electrons. The number of amides is 1. The predicted molar refractivity (Wildman–Crippen MR) is 65.6 cm³/mol. The van der Waals surface area contributed by atoms with Gasteiger partial charge in [0.2, 0.25) is 0 Å². The maximum Gasteiger partial charge on any atom is 0.495 e. The number of hydrogen-bond donors (Lipinski definition) is 1. The lowest BCUT2D eigenvalue weighted by atomic mass is 10.2. The van der Waals surface area contributed by atoms with Gasteiger partial charge in [0.05, 0.1) is 12.6 Å². The van der Waals surface area contributed by atoms with Crippen LogP contribution in [-0.2, 0) is 24.1 Å². The number of aliphatic hydroxyl groups excluding tert-OH is 1. The smallest absolute Gasteiger partial charge is 0.444 e. The quantitative estimate of drug-likeness (QED) is 0.558. The zero-order valence-corrected chi connectivity index (χ0v) is 12.5. The number of nitrogens with zero attached hydrogens (tertiary/aromatic N) is 1. The maximum absolute atomic E-state index is 11.9. The van der Waals surface area contributed by atoms with E-state index in [1.807, 2.05) is 0 Å². The van der Waals surface area contributed by atoms with E-state index in [1.165, 1.54) is 0 Å². The number of aliphatic hydroxyl groups is 1. The third-order valence-corrected chi connectivity index (χ3v) is 2.61. The Morgan fingerprint density at radius 1 is 1.13 bits per heavy atom. The molecule has 0 aliphatic carbocycles. The van der Waals surface area contributed by atoms with Gasteiger partial charge in [-0.05, 0) is 20.8 Å². The molecule has 1 N–H and O–H groups in total. The first-order chi connectivity index (χ1) is 10.3. The first-order valence-electron chi connectivity index (χ1n) is 6.48. The Morgan fingerprint density at radius 2 is 1.70 bits per heavy atom. The van der Waals surface area contributed by atoms with Crippen LogP contribution in [-0.4, -0.2) is 58.5 Å². The Balaban J connectivity index is 2.70. The number of alkyl halides is 3. The fourth-order valence-corrected chi connectivity index (χ4v) is 1.74. The summed E-state index contributed by atoms with van der Waals surface area (Å²) in [5, 5.41) is 9.53. The number of β-amino-alcohol motifs (C(OH)–C–C–N with tert-alkyl or cyclic N) is 1. The fourth-order valence-electron chi connectivity index (χ4n) is 1.74. The Bertz CT molecular complexity index is 486. The van der Waals surface area contributed by atoms with Crippen LogP contribution in [0.5, 0.6) is 0 Å². The molecule has 1 unspecified atom stereocenters. The van der Waals surface area contributed by atoms with Gasteiger partial charge < -0.3 is 9.84 Å². The molecule has 0 spiro atoms. The zero-order chi connectivity index (χ0) is 18.0. The number of carbonyl (C=O) groups excluding carboxylic acids is 3. The monoisotopic (exact) mass is 343 g/mol. The molecular weight excluding hydrogens is 327 g/mol. The van der Waals surface area contributed by atoms with E-state index in [9.17, 15) is 32.7 Å². The Morgan fingerprint density at radius 3 is 2.17 bits per heavy atom. The summed E-state index contributed by atoms with van der Waals surface area (Å²) in [6.07, 6.45) is -7.68. The van der Waals surface area contributed by atoms with Gasteiger partial charge in [0.25, 0.3) is 0 Å². The van der Waals surface area contributed by atoms with Crippen molar-refractivity contribution < 1.29 is 47.2 Å². The average Bonchev–Trinajstić information content (AvgIpc) is 2.74. The van der Waals surface area contributed by atoms with E-state index in [4.69, 9.17) is 4.74 Å². The van der Waals surface area contributed by atoms with Gasteiger partial charge in [0, 0.05) is 6.42 Å². The molecule has 0 bridgehead atoms. The van der Waals surface area contributed by atoms with Gasteiger partial charge in [-0.25, -0.2) is 24.2 Å². The topological polar surface area (TPSA) is 102 Å². The normalized spacial score (nSPS) is 21.8. The highest BCUT2D eigenvalue weighted by atomic mass is 19.4. The number of likely N-dealkylation sites (tertiary alicyclic amines) is 1. The summed E-state index contributed by atoms with van der Waals surface area (Å²) in [4.78, 5) is 42.0. The number of carbonyl (C=O) groups is 3. The van der Waals surface area contributed by atoms with Crippen molar-refractivity contribution in [1.82, 2.24) is 4.90 Å². The highest BCUT2D eigenvalue weighted by molar-refractivity contribution is 5.83. The molecule has 1 fully saturated rings. The lowest BCUT2D eigenvalue weighted by Gasteiger charge is -2.26. The summed E-state index contributed by atoms with van der Waals surface area (Å²) in [5.74, 6) is -4.14. The Kier molecular flexibility index (Phi) is 5.46. The van der Waals surface area contributed by atoms with Crippen LogP contribution in [0.25, 0.3) is 0 Å². The van der Waals surface area contributed by atoms with Crippen LogP contribution in [0.2, 0.25) is 0 Å². The van der Waals surface area contributed by atoms with Crippen LogP contribution in [0.1, 0.15) is 27.2 Å². The van der Waals surface area contributed by atoms with Crippen molar-refractivity contribution in [2.75, 3.05) is 6.54 Å². The second-order valence-electron chi connectivity index (χ2n) is 5.81. The molecule has 11 heteroatoms. The van der Waals surface area contributed by atoms with Crippen LogP contribution in [0.4, 0.5) is 18.0 Å². The number of rotatable bonds is 1. The van der Waals surface area contributed by atoms with Crippen LogP contribution in [0, 0.1) is 0 Å². The second-order valence-corrected chi connectivity index (χ2v) is 5.81. The molecular formula is C12H16F3NO7.